The van der Waals surface area contributed by atoms with Gasteiger partial charge in [-0.3, -0.25) is 14.3 Å². The molecule has 5 heteroatoms. The fourth-order valence-electron chi connectivity index (χ4n) is 2.61. The predicted molar refractivity (Wildman–Crippen MR) is 80.9 cm³/mol. The number of rotatable bonds is 3. The summed E-state index contributed by atoms with van der Waals surface area (Å²) in [6, 6.07) is 0. The van der Waals surface area contributed by atoms with Crippen molar-refractivity contribution in [2.75, 3.05) is 13.1 Å². The van der Waals surface area contributed by atoms with Gasteiger partial charge >= 0.3 is 0 Å². The first kappa shape index (κ1) is 15.7. The number of nitrogens with zero attached hydrogens (tertiary/aromatic N) is 3. The van der Waals surface area contributed by atoms with Gasteiger partial charge in [0.25, 0.3) is 0 Å². The van der Waals surface area contributed by atoms with Crippen LogP contribution in [0.5, 0.6) is 0 Å². The first-order valence-corrected chi connectivity index (χ1v) is 7.58. The third-order valence-electron chi connectivity index (χ3n) is 4.22. The van der Waals surface area contributed by atoms with Crippen LogP contribution in [0.4, 0.5) is 0 Å². The molecule has 2 rings (SSSR count). The van der Waals surface area contributed by atoms with Crippen LogP contribution in [-0.2, 0) is 21.5 Å². The van der Waals surface area contributed by atoms with Crippen LogP contribution in [0.25, 0.3) is 0 Å². The molecule has 1 amide bonds. The van der Waals surface area contributed by atoms with Gasteiger partial charge in [-0.15, -0.1) is 0 Å². The van der Waals surface area contributed by atoms with Gasteiger partial charge in [-0.2, -0.15) is 5.10 Å². The van der Waals surface area contributed by atoms with Gasteiger partial charge in [0.05, 0.1) is 6.20 Å². The molecule has 0 N–H and O–H groups in total. The average molecular weight is 291 g/mol. The minimum Gasteiger partial charge on any atom is -0.341 e. The summed E-state index contributed by atoms with van der Waals surface area (Å²) in [6.07, 6.45) is 5.34. The Hall–Kier alpha value is -1.65. The van der Waals surface area contributed by atoms with Crippen molar-refractivity contribution in [1.29, 1.82) is 0 Å². The molecule has 0 aromatic carbocycles. The number of piperidine rings is 1. The molecule has 0 spiro atoms. The number of ketones is 1. The monoisotopic (exact) mass is 291 g/mol. The van der Waals surface area contributed by atoms with Crippen molar-refractivity contribution < 1.29 is 9.59 Å². The molecule has 0 unspecified atom stereocenters. The van der Waals surface area contributed by atoms with Crippen LogP contribution < -0.4 is 0 Å². The highest BCUT2D eigenvalue weighted by Gasteiger charge is 2.25. The Labute approximate surface area is 126 Å². The number of carbonyl (C=O) groups excluding carboxylic acids is 2. The van der Waals surface area contributed by atoms with Crippen LogP contribution in [0, 0.1) is 5.92 Å². The maximum absolute atomic E-state index is 12.3. The first-order valence-electron chi connectivity index (χ1n) is 7.58. The van der Waals surface area contributed by atoms with Crippen molar-refractivity contribution >= 4 is 11.7 Å². The van der Waals surface area contributed by atoms with Gasteiger partial charge in [0, 0.05) is 25.2 Å². The first-order chi connectivity index (χ1) is 9.77. The zero-order valence-corrected chi connectivity index (χ0v) is 13.4. The number of amides is 1. The highest BCUT2D eigenvalue weighted by atomic mass is 16.2. The number of likely N-dealkylation sites (tertiary alicyclic amines) is 1. The lowest BCUT2D eigenvalue weighted by Crippen LogP contribution is -2.41. The van der Waals surface area contributed by atoms with Crippen molar-refractivity contribution in [3.05, 3.63) is 18.0 Å². The van der Waals surface area contributed by atoms with E-state index >= 15 is 0 Å². The van der Waals surface area contributed by atoms with Crippen molar-refractivity contribution in [3.63, 3.8) is 0 Å². The molecule has 1 fully saturated rings. The Morgan fingerprint density at radius 2 is 1.90 bits per heavy atom. The average Bonchev–Trinajstić information content (AvgIpc) is 2.87. The lowest BCUT2D eigenvalue weighted by atomic mass is 9.90. The summed E-state index contributed by atoms with van der Waals surface area (Å²) in [5, 5.41) is 4.28. The summed E-state index contributed by atoms with van der Waals surface area (Å²) in [7, 11) is 0. The maximum Gasteiger partial charge on any atom is 0.244 e. The lowest BCUT2D eigenvalue weighted by molar-refractivity contribution is -0.135. The summed E-state index contributed by atoms with van der Waals surface area (Å²) in [5.41, 5.74) is 1.17. The van der Waals surface area contributed by atoms with Gasteiger partial charge in [-0.1, -0.05) is 20.8 Å². The van der Waals surface area contributed by atoms with E-state index in [9.17, 15) is 9.59 Å². The van der Waals surface area contributed by atoms with Crippen LogP contribution in [0.2, 0.25) is 0 Å². The van der Waals surface area contributed by atoms with Gasteiger partial charge < -0.3 is 4.90 Å². The van der Waals surface area contributed by atoms with E-state index in [2.05, 4.69) is 25.9 Å². The molecule has 116 valence electrons. The van der Waals surface area contributed by atoms with Crippen LogP contribution >= 0.6 is 0 Å². The Morgan fingerprint density at radius 1 is 1.29 bits per heavy atom. The van der Waals surface area contributed by atoms with Gasteiger partial charge in [0.2, 0.25) is 5.91 Å². The van der Waals surface area contributed by atoms with Crippen molar-refractivity contribution in [2.24, 2.45) is 5.92 Å². The third-order valence-corrected chi connectivity index (χ3v) is 4.22. The molecule has 0 bridgehead atoms. The Morgan fingerprint density at radius 3 is 2.38 bits per heavy atom. The lowest BCUT2D eigenvalue weighted by Gasteiger charge is -2.30. The quantitative estimate of drug-likeness (QED) is 0.856. The van der Waals surface area contributed by atoms with E-state index in [0.717, 1.165) is 18.4 Å². The van der Waals surface area contributed by atoms with E-state index in [1.54, 1.807) is 11.6 Å². The zero-order valence-electron chi connectivity index (χ0n) is 13.4. The second-order valence-electron chi connectivity index (χ2n) is 6.94. The maximum atomic E-state index is 12.3. The Balaban J connectivity index is 1.91. The van der Waals surface area contributed by atoms with E-state index in [1.807, 2.05) is 17.3 Å². The van der Waals surface area contributed by atoms with Gasteiger partial charge in [-0.25, -0.2) is 0 Å². The largest absolute Gasteiger partial charge is 0.341 e. The van der Waals surface area contributed by atoms with Crippen LogP contribution in [0.3, 0.4) is 0 Å². The fourth-order valence-corrected chi connectivity index (χ4v) is 2.61. The van der Waals surface area contributed by atoms with E-state index in [-0.39, 0.29) is 29.6 Å². The standard InChI is InChI=1S/C16H25N3O2/c1-12(20)13-5-7-18(8-6-13)15(21)11-19-10-14(9-17-19)16(2,3)4/h9-10,13H,5-8,11H2,1-4H3. The molecule has 0 aliphatic carbocycles. The molecule has 2 heterocycles. The van der Waals surface area contributed by atoms with E-state index in [4.69, 9.17) is 0 Å². The topological polar surface area (TPSA) is 55.2 Å². The molecular weight excluding hydrogens is 266 g/mol. The SMILES string of the molecule is CC(=O)C1CCN(C(=O)Cn2cc(C(C)(C)C)cn2)CC1. The fraction of sp³-hybridized carbons (Fsp3) is 0.688. The van der Waals surface area contributed by atoms with Crippen LogP contribution in [-0.4, -0.2) is 39.5 Å². The van der Waals surface area contributed by atoms with E-state index in [0.29, 0.717) is 13.1 Å². The second kappa shape index (κ2) is 6.00. The highest BCUT2D eigenvalue weighted by Crippen LogP contribution is 2.21. The number of Topliss-reactive ketones (excluding diaryl/α,β-unsaturated/α-hetero) is 1. The van der Waals surface area contributed by atoms with Gasteiger partial charge in [-0.05, 0) is 30.7 Å². The van der Waals surface area contributed by atoms with Crippen molar-refractivity contribution in [1.82, 2.24) is 14.7 Å². The molecule has 1 aromatic heterocycles. The van der Waals surface area contributed by atoms with Crippen molar-refractivity contribution in [2.45, 2.75) is 52.5 Å². The summed E-state index contributed by atoms with van der Waals surface area (Å²) in [4.78, 5) is 25.5. The third kappa shape index (κ3) is 3.93. The van der Waals surface area contributed by atoms with Crippen molar-refractivity contribution in [3.8, 4) is 0 Å². The summed E-state index contributed by atoms with van der Waals surface area (Å²) in [5.74, 6) is 0.454. The number of carbonyl (C=O) groups is 2. The van der Waals surface area contributed by atoms with E-state index < -0.39 is 0 Å². The summed E-state index contributed by atoms with van der Waals surface area (Å²) >= 11 is 0. The molecule has 0 atom stereocenters. The van der Waals surface area contributed by atoms with Crippen LogP contribution in [0.1, 0.15) is 46.1 Å². The summed E-state index contributed by atoms with van der Waals surface area (Å²) < 4.78 is 1.71. The highest BCUT2D eigenvalue weighted by molar-refractivity contribution is 5.79. The van der Waals surface area contributed by atoms with Gasteiger partial charge in [0.1, 0.15) is 12.3 Å². The molecule has 21 heavy (non-hydrogen) atoms. The zero-order chi connectivity index (χ0) is 15.6. The molecular formula is C16H25N3O2. The minimum atomic E-state index is 0.0428. The predicted octanol–water partition coefficient (Wildman–Crippen LogP) is 2.01. The molecule has 1 saturated heterocycles. The van der Waals surface area contributed by atoms with Gasteiger partial charge in [0.15, 0.2) is 0 Å². The molecule has 0 saturated carbocycles. The van der Waals surface area contributed by atoms with E-state index in [1.165, 1.54) is 0 Å². The number of aromatic nitrogens is 2. The Bertz CT molecular complexity index is 520. The molecule has 5 nitrogen and oxygen atoms in total. The van der Waals surface area contributed by atoms with Crippen LogP contribution in [0.15, 0.2) is 12.4 Å². The minimum absolute atomic E-state index is 0.0428. The summed E-state index contributed by atoms with van der Waals surface area (Å²) in [6.45, 7) is 9.65. The number of hydrogen-bond acceptors (Lipinski definition) is 3. The Kier molecular flexibility index (Phi) is 4.49. The molecule has 1 aliphatic rings. The smallest absolute Gasteiger partial charge is 0.244 e. The molecule has 1 aromatic rings. The molecule has 1 aliphatic heterocycles. The molecule has 0 radical (unpaired) electrons. The number of hydrogen-bond donors (Lipinski definition) is 0. The normalized spacial score (nSPS) is 17.0. The second-order valence-corrected chi connectivity index (χ2v) is 6.94.